The maximum atomic E-state index is 10.9. The maximum absolute atomic E-state index is 10.9. The summed E-state index contributed by atoms with van der Waals surface area (Å²) in [5.74, 6) is 1.25. The van der Waals surface area contributed by atoms with E-state index >= 15 is 0 Å². The molecule has 0 aliphatic heterocycles. The largest absolute Gasteiger partial charge is 0.491 e. The van der Waals surface area contributed by atoms with Gasteiger partial charge in [0, 0.05) is 34.9 Å². The minimum Gasteiger partial charge on any atom is -0.491 e. The average Bonchev–Trinajstić information content (AvgIpc) is 3.18. The molecule has 2 heterocycles. The van der Waals surface area contributed by atoms with E-state index in [1.165, 1.54) is 4.90 Å². The molecule has 0 spiro atoms. The molecule has 0 amide bonds. The Morgan fingerprint density at radius 3 is 2.69 bits per heavy atom. The van der Waals surface area contributed by atoms with Crippen molar-refractivity contribution in [3.05, 3.63) is 71.7 Å². The molecule has 4 rings (SSSR count). The number of benzene rings is 2. The van der Waals surface area contributed by atoms with Crippen LogP contribution in [0.4, 0.5) is 0 Å². The van der Waals surface area contributed by atoms with Crippen molar-refractivity contribution in [2.75, 3.05) is 12.9 Å². The Bertz CT molecular complexity index is 1230. The summed E-state index contributed by atoms with van der Waals surface area (Å²) in [5.41, 5.74) is 3.50. The van der Waals surface area contributed by atoms with Crippen LogP contribution < -0.4 is 4.74 Å². The molecule has 164 valence electrons. The fourth-order valence-electron chi connectivity index (χ4n) is 3.56. The Balaban J connectivity index is 1.46. The van der Waals surface area contributed by atoms with Crippen molar-refractivity contribution in [3.63, 3.8) is 0 Å². The molecule has 32 heavy (non-hydrogen) atoms. The summed E-state index contributed by atoms with van der Waals surface area (Å²) >= 11 is 1.70. The predicted octanol–water partition coefficient (Wildman–Crippen LogP) is 5.56. The third-order valence-corrected chi connectivity index (χ3v) is 6.00. The molecular weight excluding hydrogens is 424 g/mol. The van der Waals surface area contributed by atoms with E-state index in [4.69, 9.17) is 14.3 Å². The smallest absolute Gasteiger partial charge is 0.303 e. The van der Waals surface area contributed by atoms with E-state index in [9.17, 15) is 4.79 Å². The fourth-order valence-corrected chi connectivity index (χ4v) is 3.97. The summed E-state index contributed by atoms with van der Waals surface area (Å²) in [4.78, 5) is 21.3. The molecule has 0 radical (unpaired) electrons. The molecule has 6 nitrogen and oxygen atoms in total. The van der Waals surface area contributed by atoms with Gasteiger partial charge in [-0.1, -0.05) is 12.1 Å². The van der Waals surface area contributed by atoms with Gasteiger partial charge in [-0.15, -0.1) is 11.8 Å². The molecule has 7 heteroatoms. The van der Waals surface area contributed by atoms with Gasteiger partial charge < -0.3 is 14.3 Å². The first-order valence-corrected chi connectivity index (χ1v) is 11.6. The standard InChI is InChI=1S/C25H24N2O4S/c1-16-21(27-25(31-16)18-6-9-19(32-2)10-7-18)13-15-30-22-5-3-4-20-17(8-11-23(28)29)12-14-26-24(20)22/h3-7,9-10,12,14H,8,11,13,15H2,1-2H3,(H,28,29). The number of carboxylic acids is 1. The van der Waals surface area contributed by atoms with Crippen LogP contribution in [0.2, 0.25) is 0 Å². The third kappa shape index (κ3) is 4.94. The zero-order valence-electron chi connectivity index (χ0n) is 18.0. The Morgan fingerprint density at radius 2 is 1.94 bits per heavy atom. The lowest BCUT2D eigenvalue weighted by atomic mass is 10.0. The quantitative estimate of drug-likeness (QED) is 0.336. The Morgan fingerprint density at radius 1 is 1.12 bits per heavy atom. The van der Waals surface area contributed by atoms with Crippen LogP contribution in [0, 0.1) is 6.92 Å². The van der Waals surface area contributed by atoms with Crippen LogP contribution in [-0.2, 0) is 17.6 Å². The van der Waals surface area contributed by atoms with Crippen LogP contribution >= 0.6 is 11.8 Å². The Hall–Kier alpha value is -3.32. The number of hydrogen-bond donors (Lipinski definition) is 1. The van der Waals surface area contributed by atoms with Crippen LogP contribution in [0.1, 0.15) is 23.4 Å². The minimum atomic E-state index is -0.815. The van der Waals surface area contributed by atoms with Gasteiger partial charge in [-0.3, -0.25) is 9.78 Å². The molecule has 2 aromatic carbocycles. The van der Waals surface area contributed by atoms with E-state index in [-0.39, 0.29) is 6.42 Å². The zero-order valence-corrected chi connectivity index (χ0v) is 18.8. The summed E-state index contributed by atoms with van der Waals surface area (Å²) < 4.78 is 11.9. The number of carbonyl (C=O) groups is 1. The Kier molecular flexibility index (Phi) is 6.75. The van der Waals surface area contributed by atoms with Crippen LogP contribution in [0.15, 0.2) is 64.0 Å². The molecule has 0 unspecified atom stereocenters. The first-order chi connectivity index (χ1) is 15.5. The van der Waals surface area contributed by atoms with Gasteiger partial charge in [-0.25, -0.2) is 4.98 Å². The monoisotopic (exact) mass is 448 g/mol. The number of para-hydroxylation sites is 1. The molecule has 0 atom stereocenters. The number of oxazole rings is 1. The SMILES string of the molecule is CSc1ccc(-c2nc(CCOc3cccc4c(CCC(=O)O)ccnc34)c(C)o2)cc1. The molecular formula is C25H24N2O4S. The molecule has 1 N–H and O–H groups in total. The van der Waals surface area contributed by atoms with Gasteiger partial charge in [-0.2, -0.15) is 0 Å². The molecule has 0 saturated carbocycles. The van der Waals surface area contributed by atoms with E-state index in [1.807, 2.05) is 49.6 Å². The Labute approximate surface area is 190 Å². The van der Waals surface area contributed by atoms with E-state index < -0.39 is 5.97 Å². The van der Waals surface area contributed by atoms with Crippen molar-refractivity contribution < 1.29 is 19.1 Å². The summed E-state index contributed by atoms with van der Waals surface area (Å²) in [6, 6.07) is 15.7. The zero-order chi connectivity index (χ0) is 22.5. The van der Waals surface area contributed by atoms with E-state index in [0.717, 1.165) is 33.5 Å². The highest BCUT2D eigenvalue weighted by Crippen LogP contribution is 2.28. The van der Waals surface area contributed by atoms with Gasteiger partial charge >= 0.3 is 5.97 Å². The van der Waals surface area contributed by atoms with Gasteiger partial charge in [0.25, 0.3) is 0 Å². The van der Waals surface area contributed by atoms with E-state index in [1.54, 1.807) is 18.0 Å². The maximum Gasteiger partial charge on any atom is 0.303 e. The highest BCUT2D eigenvalue weighted by atomic mass is 32.2. The summed E-state index contributed by atoms with van der Waals surface area (Å²) in [6.07, 6.45) is 4.88. The summed E-state index contributed by atoms with van der Waals surface area (Å²) in [6.45, 7) is 2.34. The number of hydrogen-bond acceptors (Lipinski definition) is 6. The van der Waals surface area contributed by atoms with Gasteiger partial charge in [0.05, 0.1) is 12.3 Å². The third-order valence-electron chi connectivity index (χ3n) is 5.26. The lowest BCUT2D eigenvalue weighted by molar-refractivity contribution is -0.136. The van der Waals surface area contributed by atoms with Crippen molar-refractivity contribution >= 4 is 28.6 Å². The van der Waals surface area contributed by atoms with Crippen molar-refractivity contribution in [1.82, 2.24) is 9.97 Å². The van der Waals surface area contributed by atoms with Gasteiger partial charge in [0.15, 0.2) is 0 Å². The number of aryl methyl sites for hydroxylation is 2. The van der Waals surface area contributed by atoms with Crippen LogP contribution in [0.25, 0.3) is 22.4 Å². The molecule has 0 bridgehead atoms. The lowest BCUT2D eigenvalue weighted by Crippen LogP contribution is -2.04. The number of ether oxygens (including phenoxy) is 1. The van der Waals surface area contributed by atoms with Crippen LogP contribution in [0.3, 0.4) is 0 Å². The number of nitrogens with zero attached hydrogens (tertiary/aromatic N) is 2. The van der Waals surface area contributed by atoms with Crippen LogP contribution in [-0.4, -0.2) is 33.9 Å². The molecule has 0 fully saturated rings. The van der Waals surface area contributed by atoms with Gasteiger partial charge in [-0.05, 0) is 61.6 Å². The van der Waals surface area contributed by atoms with Crippen molar-refractivity contribution in [3.8, 4) is 17.2 Å². The number of aliphatic carboxylic acids is 1. The molecule has 2 aromatic heterocycles. The highest BCUT2D eigenvalue weighted by molar-refractivity contribution is 7.98. The first-order valence-electron chi connectivity index (χ1n) is 10.4. The second-order valence-electron chi connectivity index (χ2n) is 7.36. The topological polar surface area (TPSA) is 85.5 Å². The number of fused-ring (bicyclic) bond motifs is 1. The number of rotatable bonds is 9. The second-order valence-corrected chi connectivity index (χ2v) is 8.24. The van der Waals surface area contributed by atoms with Gasteiger partial charge in [0.2, 0.25) is 5.89 Å². The molecule has 0 saturated heterocycles. The van der Waals surface area contributed by atoms with Gasteiger partial charge in [0.1, 0.15) is 17.0 Å². The summed E-state index contributed by atoms with van der Waals surface area (Å²) in [7, 11) is 0. The first kappa shape index (κ1) is 21.9. The molecule has 0 aliphatic carbocycles. The highest BCUT2D eigenvalue weighted by Gasteiger charge is 2.13. The fraction of sp³-hybridized carbons (Fsp3) is 0.240. The van der Waals surface area contributed by atoms with E-state index in [0.29, 0.717) is 31.1 Å². The van der Waals surface area contributed by atoms with Crippen molar-refractivity contribution in [1.29, 1.82) is 0 Å². The number of pyridine rings is 1. The van der Waals surface area contributed by atoms with E-state index in [2.05, 4.69) is 22.1 Å². The van der Waals surface area contributed by atoms with Crippen LogP contribution in [0.5, 0.6) is 5.75 Å². The molecule has 4 aromatic rings. The molecule has 0 aliphatic rings. The lowest BCUT2D eigenvalue weighted by Gasteiger charge is -2.10. The minimum absolute atomic E-state index is 0.0813. The average molecular weight is 449 g/mol. The number of carboxylic acid groups (broad SMARTS) is 1. The second kappa shape index (κ2) is 9.87. The summed E-state index contributed by atoms with van der Waals surface area (Å²) in [5, 5.41) is 9.91. The number of aromatic nitrogens is 2. The predicted molar refractivity (Wildman–Crippen MR) is 125 cm³/mol. The normalized spacial score (nSPS) is 11.1. The van der Waals surface area contributed by atoms with Crippen molar-refractivity contribution in [2.45, 2.75) is 31.1 Å². The number of thioether (sulfide) groups is 1. The van der Waals surface area contributed by atoms with Crippen molar-refractivity contribution in [2.24, 2.45) is 0 Å².